The van der Waals surface area contributed by atoms with Crippen LogP contribution in [0.15, 0.2) is 42.5 Å². The number of carbonyl (C=O) groups excluding carboxylic acids is 4. The van der Waals surface area contributed by atoms with E-state index in [0.29, 0.717) is 5.69 Å². The lowest BCUT2D eigenvalue weighted by Crippen LogP contribution is -2.53. The Morgan fingerprint density at radius 2 is 1.87 bits per heavy atom. The summed E-state index contributed by atoms with van der Waals surface area (Å²) in [7, 11) is 0. The van der Waals surface area contributed by atoms with Crippen LogP contribution in [0, 0.1) is 28.1 Å². The molecular formula is C28H27ClN6O4. The average Bonchev–Trinajstić information content (AvgIpc) is 3.41. The number of hydrogen-bond acceptors (Lipinski definition) is 6. The lowest BCUT2D eigenvalue weighted by molar-refractivity contribution is -0.141. The van der Waals surface area contributed by atoms with E-state index in [9.17, 15) is 29.7 Å². The zero-order valence-electron chi connectivity index (χ0n) is 21.7. The van der Waals surface area contributed by atoms with Crippen LogP contribution >= 0.6 is 11.6 Å². The number of carbonyl (C=O) groups is 4. The van der Waals surface area contributed by atoms with E-state index in [2.05, 4.69) is 22.0 Å². The van der Waals surface area contributed by atoms with Crippen LogP contribution in [-0.4, -0.2) is 47.2 Å². The summed E-state index contributed by atoms with van der Waals surface area (Å²) in [5, 5.41) is 27.0. The van der Waals surface area contributed by atoms with Crippen LogP contribution in [0.1, 0.15) is 44.7 Å². The lowest BCUT2D eigenvalue weighted by atomic mass is 9.80. The predicted molar refractivity (Wildman–Crippen MR) is 143 cm³/mol. The first-order valence-electron chi connectivity index (χ1n) is 12.3. The van der Waals surface area contributed by atoms with E-state index in [1.54, 1.807) is 24.3 Å². The summed E-state index contributed by atoms with van der Waals surface area (Å²) in [4.78, 5) is 54.0. The molecular weight excluding hydrogens is 520 g/mol. The predicted octanol–water partition coefficient (Wildman–Crippen LogP) is 3.09. The Morgan fingerprint density at radius 3 is 2.54 bits per heavy atom. The second-order valence-electron chi connectivity index (χ2n) is 10.9. The highest BCUT2D eigenvalue weighted by molar-refractivity contribution is 6.42. The van der Waals surface area contributed by atoms with Crippen LogP contribution in [0.2, 0.25) is 5.02 Å². The van der Waals surface area contributed by atoms with Gasteiger partial charge in [0.15, 0.2) is 0 Å². The molecule has 2 aliphatic rings. The number of amides is 4. The number of anilines is 2. The van der Waals surface area contributed by atoms with Gasteiger partial charge in [-0.3, -0.25) is 19.2 Å². The SMILES string of the molecule is CC(C)(C)C[C@H](NC(=O)C(=O)Nc1c(Cl)cccc1C#N)C(=O)N1C[C@]2(C[C@H]1C#N)C(=O)Nc1ccccc12. The minimum atomic E-state index is -1.16. The molecule has 0 aromatic heterocycles. The Morgan fingerprint density at radius 1 is 1.15 bits per heavy atom. The molecule has 3 N–H and O–H groups in total. The standard InChI is InChI=1S/C28H27ClN6O4/c1-27(2,3)12-21(32-23(36)24(37)34-22-16(13-30)7-6-9-19(22)29)25(38)35-15-28(11-17(35)14-31)18-8-4-5-10-20(18)33-26(28)39/h4-10,17,21H,11-12,15H2,1-3H3,(H,32,36)(H,33,39)(H,34,37)/t17-,21-,28-/m0/s1. The van der Waals surface area contributed by atoms with Crippen LogP contribution in [0.25, 0.3) is 0 Å². The van der Waals surface area contributed by atoms with Crippen molar-refractivity contribution < 1.29 is 19.2 Å². The smallest absolute Gasteiger partial charge is 0.313 e. The zero-order chi connectivity index (χ0) is 28.5. The number of benzene rings is 2. The Bertz CT molecular complexity index is 1450. The molecule has 3 atom stereocenters. The summed E-state index contributed by atoms with van der Waals surface area (Å²) in [6, 6.07) is 13.6. The molecule has 0 radical (unpaired) electrons. The Balaban J connectivity index is 1.58. The zero-order valence-corrected chi connectivity index (χ0v) is 22.4. The van der Waals surface area contributed by atoms with Gasteiger partial charge in [0.1, 0.15) is 18.2 Å². The fourth-order valence-corrected chi connectivity index (χ4v) is 5.36. The van der Waals surface area contributed by atoms with Gasteiger partial charge in [-0.1, -0.05) is 56.6 Å². The van der Waals surface area contributed by atoms with Gasteiger partial charge in [-0.25, -0.2) is 0 Å². The van der Waals surface area contributed by atoms with Gasteiger partial charge in [0.05, 0.1) is 27.8 Å². The van der Waals surface area contributed by atoms with Crippen LogP contribution in [0.3, 0.4) is 0 Å². The molecule has 2 heterocycles. The van der Waals surface area contributed by atoms with E-state index in [-0.39, 0.29) is 41.6 Å². The van der Waals surface area contributed by atoms with Gasteiger partial charge in [-0.15, -0.1) is 0 Å². The number of rotatable bonds is 4. The number of para-hydroxylation sites is 2. The highest BCUT2D eigenvalue weighted by Crippen LogP contribution is 2.46. The summed E-state index contributed by atoms with van der Waals surface area (Å²) in [6.45, 7) is 5.57. The van der Waals surface area contributed by atoms with Gasteiger partial charge >= 0.3 is 11.8 Å². The number of likely N-dealkylation sites (tertiary alicyclic amines) is 1. The molecule has 4 amide bonds. The van der Waals surface area contributed by atoms with E-state index in [1.807, 2.05) is 26.8 Å². The van der Waals surface area contributed by atoms with E-state index in [4.69, 9.17) is 11.6 Å². The third-order valence-electron chi connectivity index (χ3n) is 6.91. The van der Waals surface area contributed by atoms with Crippen molar-refractivity contribution >= 4 is 46.6 Å². The van der Waals surface area contributed by atoms with Crippen molar-refractivity contribution in [1.29, 1.82) is 10.5 Å². The van der Waals surface area contributed by atoms with Crippen LogP contribution in [-0.2, 0) is 24.6 Å². The quantitative estimate of drug-likeness (QED) is 0.500. The summed E-state index contributed by atoms with van der Waals surface area (Å²) < 4.78 is 0. The summed E-state index contributed by atoms with van der Waals surface area (Å²) >= 11 is 6.10. The molecule has 1 fully saturated rings. The van der Waals surface area contributed by atoms with Crippen molar-refractivity contribution in [3.05, 3.63) is 58.6 Å². The van der Waals surface area contributed by atoms with Crippen molar-refractivity contribution in [1.82, 2.24) is 10.2 Å². The normalized spacial score (nSPS) is 20.4. The molecule has 0 unspecified atom stereocenters. The second-order valence-corrected chi connectivity index (χ2v) is 11.3. The van der Waals surface area contributed by atoms with Crippen molar-refractivity contribution in [3.8, 4) is 12.1 Å². The van der Waals surface area contributed by atoms with Crippen molar-refractivity contribution in [3.63, 3.8) is 0 Å². The molecule has 0 saturated carbocycles. The van der Waals surface area contributed by atoms with Gasteiger partial charge in [0, 0.05) is 18.7 Å². The number of nitriles is 2. The average molecular weight is 547 g/mol. The minimum absolute atomic E-state index is 0.0162. The van der Waals surface area contributed by atoms with E-state index < -0.39 is 40.6 Å². The van der Waals surface area contributed by atoms with Gasteiger partial charge in [-0.05, 0) is 35.6 Å². The number of nitrogens with zero attached hydrogens (tertiary/aromatic N) is 3. The Hall–Kier alpha value is -4.41. The summed E-state index contributed by atoms with van der Waals surface area (Å²) in [5.74, 6) is -3.07. The van der Waals surface area contributed by atoms with E-state index in [1.165, 1.54) is 23.1 Å². The van der Waals surface area contributed by atoms with Crippen molar-refractivity contribution in [2.75, 3.05) is 17.2 Å². The molecule has 39 heavy (non-hydrogen) atoms. The molecule has 4 rings (SSSR count). The Kier molecular flexibility index (Phi) is 7.36. The highest BCUT2D eigenvalue weighted by atomic mass is 35.5. The summed E-state index contributed by atoms with van der Waals surface area (Å²) in [6.07, 6.45) is 0.267. The third-order valence-corrected chi connectivity index (χ3v) is 7.23. The monoisotopic (exact) mass is 546 g/mol. The second kappa shape index (κ2) is 10.4. The fourth-order valence-electron chi connectivity index (χ4n) is 5.14. The van der Waals surface area contributed by atoms with Crippen molar-refractivity contribution in [2.45, 2.75) is 51.1 Å². The molecule has 2 aliphatic heterocycles. The molecule has 2 aromatic carbocycles. The highest BCUT2D eigenvalue weighted by Gasteiger charge is 2.56. The first kappa shape index (κ1) is 27.6. The topological polar surface area (TPSA) is 155 Å². The van der Waals surface area contributed by atoms with E-state index in [0.717, 1.165) is 5.56 Å². The van der Waals surface area contributed by atoms with Crippen LogP contribution in [0.5, 0.6) is 0 Å². The maximum Gasteiger partial charge on any atom is 0.313 e. The molecule has 200 valence electrons. The first-order chi connectivity index (χ1) is 18.4. The number of fused-ring (bicyclic) bond motifs is 2. The fraction of sp³-hybridized carbons (Fsp3) is 0.357. The van der Waals surface area contributed by atoms with Crippen LogP contribution in [0.4, 0.5) is 11.4 Å². The number of hydrogen-bond donors (Lipinski definition) is 3. The van der Waals surface area contributed by atoms with Gasteiger partial charge in [0.2, 0.25) is 11.8 Å². The minimum Gasteiger partial charge on any atom is -0.336 e. The third kappa shape index (κ3) is 5.29. The van der Waals surface area contributed by atoms with Gasteiger partial charge < -0.3 is 20.9 Å². The number of nitrogens with one attached hydrogen (secondary N) is 3. The van der Waals surface area contributed by atoms with Gasteiger partial charge in [-0.2, -0.15) is 10.5 Å². The summed E-state index contributed by atoms with van der Waals surface area (Å²) in [5.41, 5.74) is -0.122. The largest absolute Gasteiger partial charge is 0.336 e. The van der Waals surface area contributed by atoms with E-state index >= 15 is 0 Å². The molecule has 10 nitrogen and oxygen atoms in total. The lowest BCUT2D eigenvalue weighted by Gasteiger charge is -2.31. The van der Waals surface area contributed by atoms with Crippen LogP contribution < -0.4 is 16.0 Å². The van der Waals surface area contributed by atoms with Crippen molar-refractivity contribution in [2.24, 2.45) is 5.41 Å². The molecule has 2 aromatic rings. The maximum absolute atomic E-state index is 13.9. The Labute approximate surface area is 230 Å². The molecule has 11 heteroatoms. The van der Waals surface area contributed by atoms with Gasteiger partial charge in [0.25, 0.3) is 0 Å². The first-order valence-corrected chi connectivity index (χ1v) is 12.7. The molecule has 0 bridgehead atoms. The number of halogens is 1. The molecule has 1 saturated heterocycles. The maximum atomic E-state index is 13.9. The molecule has 1 spiro atoms. The molecule has 0 aliphatic carbocycles.